The Bertz CT molecular complexity index is 957. The van der Waals surface area contributed by atoms with Crippen molar-refractivity contribution in [3.63, 3.8) is 0 Å². The predicted octanol–water partition coefficient (Wildman–Crippen LogP) is 4.07. The van der Waals surface area contributed by atoms with E-state index in [1.807, 2.05) is 30.3 Å². The lowest BCUT2D eigenvalue weighted by molar-refractivity contribution is -0.118. The molecule has 0 bridgehead atoms. The number of aromatic amines is 1. The fourth-order valence-corrected chi connectivity index (χ4v) is 3.48. The Morgan fingerprint density at radius 3 is 2.76 bits per heavy atom. The summed E-state index contributed by atoms with van der Waals surface area (Å²) < 4.78 is 5.87. The third-order valence-corrected chi connectivity index (χ3v) is 5.36. The van der Waals surface area contributed by atoms with Gasteiger partial charge in [0.2, 0.25) is 11.1 Å². The number of aryl methyl sites for hydroxylation is 2. The van der Waals surface area contributed by atoms with E-state index in [1.54, 1.807) is 0 Å². The molecule has 0 spiro atoms. The number of ether oxygens (including phenoxy) is 1. The molecular weight excluding hydrogens is 384 g/mol. The van der Waals surface area contributed by atoms with Gasteiger partial charge in [0.15, 0.2) is 5.82 Å². The van der Waals surface area contributed by atoms with Crippen molar-refractivity contribution >= 4 is 17.7 Å². The van der Waals surface area contributed by atoms with Crippen molar-refractivity contribution in [1.82, 2.24) is 20.5 Å². The lowest BCUT2D eigenvalue weighted by Crippen LogP contribution is -2.27. The highest BCUT2D eigenvalue weighted by molar-refractivity contribution is 7.99. The number of amides is 1. The van der Waals surface area contributed by atoms with E-state index in [-0.39, 0.29) is 11.7 Å². The van der Waals surface area contributed by atoms with Crippen molar-refractivity contribution in [3.8, 4) is 17.1 Å². The Kier molecular flexibility index (Phi) is 7.30. The zero-order chi connectivity index (χ0) is 20.6. The number of nitrogens with zero attached hydrogens (tertiary/aromatic N) is 2. The van der Waals surface area contributed by atoms with Crippen molar-refractivity contribution in [1.29, 1.82) is 0 Å². The van der Waals surface area contributed by atoms with E-state index >= 15 is 0 Å². The predicted molar refractivity (Wildman–Crippen MR) is 116 cm³/mol. The number of hydrogen-bond acceptors (Lipinski definition) is 5. The number of carbonyl (C=O) groups excluding carboxylic acids is 1. The summed E-state index contributed by atoms with van der Waals surface area (Å²) in [5.41, 5.74) is 4.55. The molecule has 29 heavy (non-hydrogen) atoms. The first-order valence-corrected chi connectivity index (χ1v) is 10.6. The summed E-state index contributed by atoms with van der Waals surface area (Å²) in [5, 5.41) is 10.5. The maximum absolute atomic E-state index is 12.0. The summed E-state index contributed by atoms with van der Waals surface area (Å²) in [6.07, 6.45) is 0.752. The molecule has 0 fully saturated rings. The van der Waals surface area contributed by atoms with Crippen LogP contribution in [0.5, 0.6) is 5.75 Å². The monoisotopic (exact) mass is 410 g/mol. The highest BCUT2D eigenvalue weighted by atomic mass is 32.2. The highest BCUT2D eigenvalue weighted by Gasteiger charge is 2.09. The highest BCUT2D eigenvalue weighted by Crippen LogP contribution is 2.23. The summed E-state index contributed by atoms with van der Waals surface area (Å²) >= 11 is 1.31. The quantitative estimate of drug-likeness (QED) is 0.410. The third kappa shape index (κ3) is 6.09. The number of aromatic nitrogens is 3. The topological polar surface area (TPSA) is 79.9 Å². The number of thioether (sulfide) groups is 1. The standard InChI is InChI=1S/C22H26N4O2S/c1-15-12-16(2)17(3)19(13-15)28-11-7-10-23-20(27)14-29-22-24-21(25-26-22)18-8-5-4-6-9-18/h4-6,8-9,12-13H,7,10-11,14H2,1-3H3,(H,23,27)(H,24,25,26). The molecule has 7 heteroatoms. The molecule has 0 saturated heterocycles. The molecule has 0 radical (unpaired) electrons. The van der Waals surface area contributed by atoms with Crippen molar-refractivity contribution in [2.24, 2.45) is 0 Å². The van der Waals surface area contributed by atoms with Gasteiger partial charge < -0.3 is 10.1 Å². The van der Waals surface area contributed by atoms with Gasteiger partial charge in [-0.2, -0.15) is 0 Å². The molecule has 0 saturated carbocycles. The van der Waals surface area contributed by atoms with E-state index in [1.165, 1.54) is 22.9 Å². The van der Waals surface area contributed by atoms with Gasteiger partial charge in [0.25, 0.3) is 0 Å². The molecule has 3 rings (SSSR count). The number of benzene rings is 2. The van der Waals surface area contributed by atoms with Crippen molar-refractivity contribution < 1.29 is 9.53 Å². The van der Waals surface area contributed by atoms with Crippen molar-refractivity contribution in [3.05, 3.63) is 59.2 Å². The van der Waals surface area contributed by atoms with Crippen molar-refractivity contribution in [2.75, 3.05) is 18.9 Å². The van der Waals surface area contributed by atoms with Gasteiger partial charge in [-0.05, 0) is 49.9 Å². The lowest BCUT2D eigenvalue weighted by atomic mass is 10.1. The summed E-state index contributed by atoms with van der Waals surface area (Å²) in [7, 11) is 0. The van der Waals surface area contributed by atoms with Gasteiger partial charge in [-0.25, -0.2) is 4.98 Å². The molecule has 1 aromatic heterocycles. The molecule has 0 unspecified atom stereocenters. The lowest BCUT2D eigenvalue weighted by Gasteiger charge is -2.12. The normalized spacial score (nSPS) is 10.7. The SMILES string of the molecule is Cc1cc(C)c(C)c(OCCCNC(=O)CSc2n[nH]c(-c3ccccc3)n2)c1. The van der Waals surface area contributed by atoms with E-state index < -0.39 is 0 Å². The van der Waals surface area contributed by atoms with Crippen LogP contribution in [-0.4, -0.2) is 40.0 Å². The summed E-state index contributed by atoms with van der Waals surface area (Å²) in [6.45, 7) is 7.36. The molecule has 2 aromatic carbocycles. The van der Waals surface area contributed by atoms with Gasteiger partial charge in [0.1, 0.15) is 5.75 Å². The summed E-state index contributed by atoms with van der Waals surface area (Å²) in [4.78, 5) is 16.4. The van der Waals surface area contributed by atoms with Crippen molar-refractivity contribution in [2.45, 2.75) is 32.3 Å². The molecule has 0 aliphatic carbocycles. The number of H-pyrrole nitrogens is 1. The molecule has 1 amide bonds. The average molecular weight is 411 g/mol. The second-order valence-electron chi connectivity index (χ2n) is 6.88. The second-order valence-corrected chi connectivity index (χ2v) is 7.82. The van der Waals surface area contributed by atoms with Crippen LogP contribution in [-0.2, 0) is 4.79 Å². The van der Waals surface area contributed by atoms with Crippen LogP contribution in [0.15, 0.2) is 47.6 Å². The van der Waals surface area contributed by atoms with Crippen LogP contribution < -0.4 is 10.1 Å². The molecule has 3 aromatic rings. The largest absolute Gasteiger partial charge is 0.493 e. The first-order valence-electron chi connectivity index (χ1n) is 9.61. The van der Waals surface area contributed by atoms with Gasteiger partial charge in [-0.15, -0.1) is 5.10 Å². The minimum atomic E-state index is -0.0383. The van der Waals surface area contributed by atoms with Gasteiger partial charge in [0.05, 0.1) is 12.4 Å². The smallest absolute Gasteiger partial charge is 0.230 e. The maximum Gasteiger partial charge on any atom is 0.230 e. The molecule has 0 aliphatic heterocycles. The van der Waals surface area contributed by atoms with E-state index in [2.05, 4.69) is 53.4 Å². The Morgan fingerprint density at radius 2 is 1.97 bits per heavy atom. The van der Waals surface area contributed by atoms with Gasteiger partial charge in [0, 0.05) is 12.1 Å². The minimum Gasteiger partial charge on any atom is -0.493 e. The van der Waals surface area contributed by atoms with Crippen LogP contribution in [0.2, 0.25) is 0 Å². The number of carbonyl (C=O) groups is 1. The maximum atomic E-state index is 12.0. The Hall–Kier alpha value is -2.80. The zero-order valence-corrected chi connectivity index (χ0v) is 17.8. The average Bonchev–Trinajstić information content (AvgIpc) is 3.19. The van der Waals surface area contributed by atoms with Crippen LogP contribution in [0.25, 0.3) is 11.4 Å². The van der Waals surface area contributed by atoms with E-state index in [0.29, 0.717) is 24.1 Å². The van der Waals surface area contributed by atoms with E-state index in [4.69, 9.17) is 4.74 Å². The van der Waals surface area contributed by atoms with Crippen LogP contribution in [0.3, 0.4) is 0 Å². The first-order chi connectivity index (χ1) is 14.0. The van der Waals surface area contributed by atoms with Crippen LogP contribution in [0, 0.1) is 20.8 Å². The molecule has 0 aliphatic rings. The molecule has 1 heterocycles. The molecule has 2 N–H and O–H groups in total. The molecule has 6 nitrogen and oxygen atoms in total. The van der Waals surface area contributed by atoms with Crippen LogP contribution in [0.4, 0.5) is 0 Å². The molecule has 152 valence electrons. The summed E-state index contributed by atoms with van der Waals surface area (Å²) in [6, 6.07) is 14.0. The Morgan fingerprint density at radius 1 is 1.17 bits per heavy atom. The Labute approximate surface area is 175 Å². The summed E-state index contributed by atoms with van der Waals surface area (Å²) in [5.74, 6) is 1.86. The third-order valence-electron chi connectivity index (χ3n) is 4.51. The van der Waals surface area contributed by atoms with Gasteiger partial charge in [-0.1, -0.05) is 48.2 Å². The first kappa shape index (κ1) is 20.9. The zero-order valence-electron chi connectivity index (χ0n) is 17.0. The Balaban J connectivity index is 1.35. The fraction of sp³-hybridized carbons (Fsp3) is 0.318. The van der Waals surface area contributed by atoms with Gasteiger partial charge in [-0.3, -0.25) is 9.89 Å². The molecule has 0 atom stereocenters. The van der Waals surface area contributed by atoms with E-state index in [9.17, 15) is 4.79 Å². The second kappa shape index (κ2) is 10.1. The van der Waals surface area contributed by atoms with Gasteiger partial charge >= 0.3 is 0 Å². The van der Waals surface area contributed by atoms with E-state index in [0.717, 1.165) is 23.3 Å². The number of hydrogen-bond donors (Lipinski definition) is 2. The fourth-order valence-electron chi connectivity index (χ4n) is 2.85. The minimum absolute atomic E-state index is 0.0383. The van der Waals surface area contributed by atoms with Crippen LogP contribution >= 0.6 is 11.8 Å². The van der Waals surface area contributed by atoms with Crippen LogP contribution in [0.1, 0.15) is 23.1 Å². The molecular formula is C22H26N4O2S. The number of rotatable bonds is 9. The number of nitrogens with one attached hydrogen (secondary N) is 2.